The first kappa shape index (κ1) is 14.3. The Kier molecular flexibility index (Phi) is 6.34. The largest absolute Gasteiger partial charge is 0.396 e. The van der Waals surface area contributed by atoms with E-state index in [2.05, 4.69) is 12.2 Å². The molecule has 1 aliphatic rings. The Bertz CT molecular complexity index is 225. The highest BCUT2D eigenvalue weighted by molar-refractivity contribution is 5.74. The number of aliphatic hydroxyl groups excluding tert-OH is 1. The lowest BCUT2D eigenvalue weighted by Gasteiger charge is -2.34. The van der Waals surface area contributed by atoms with Crippen molar-refractivity contribution in [2.45, 2.75) is 51.5 Å². The van der Waals surface area contributed by atoms with E-state index in [0.29, 0.717) is 18.6 Å². The molecule has 0 spiro atoms. The van der Waals surface area contributed by atoms with Gasteiger partial charge < -0.3 is 15.3 Å². The van der Waals surface area contributed by atoms with Gasteiger partial charge in [-0.3, -0.25) is 0 Å². The third-order valence-corrected chi connectivity index (χ3v) is 3.75. The van der Waals surface area contributed by atoms with Gasteiger partial charge in [-0.05, 0) is 38.0 Å². The molecule has 0 saturated heterocycles. The third-order valence-electron chi connectivity index (χ3n) is 3.75. The number of amides is 2. The first-order chi connectivity index (χ1) is 8.19. The summed E-state index contributed by atoms with van der Waals surface area (Å²) in [5, 5.41) is 12.0. The SMILES string of the molecule is CCCCNC(=O)N(C)C1CCC(CO)CC1. The number of aliphatic hydroxyl groups is 1. The van der Waals surface area contributed by atoms with Gasteiger partial charge in [-0.1, -0.05) is 13.3 Å². The van der Waals surface area contributed by atoms with Gasteiger partial charge in [0.05, 0.1) is 0 Å². The van der Waals surface area contributed by atoms with E-state index in [1.165, 1.54) is 0 Å². The first-order valence-corrected chi connectivity index (χ1v) is 6.80. The second-order valence-corrected chi connectivity index (χ2v) is 5.05. The van der Waals surface area contributed by atoms with Gasteiger partial charge in [-0.25, -0.2) is 4.79 Å². The Hall–Kier alpha value is -0.770. The van der Waals surface area contributed by atoms with Crippen LogP contribution in [0.2, 0.25) is 0 Å². The molecule has 0 bridgehead atoms. The summed E-state index contributed by atoms with van der Waals surface area (Å²) in [4.78, 5) is 13.7. The average Bonchev–Trinajstić information content (AvgIpc) is 2.38. The van der Waals surface area contributed by atoms with Crippen LogP contribution in [-0.2, 0) is 0 Å². The summed E-state index contributed by atoms with van der Waals surface area (Å²) in [6.45, 7) is 3.18. The lowest BCUT2D eigenvalue weighted by molar-refractivity contribution is 0.134. The predicted molar refractivity (Wildman–Crippen MR) is 68.9 cm³/mol. The highest BCUT2D eigenvalue weighted by atomic mass is 16.3. The average molecular weight is 242 g/mol. The number of urea groups is 1. The minimum Gasteiger partial charge on any atom is -0.396 e. The van der Waals surface area contributed by atoms with Gasteiger partial charge in [0.15, 0.2) is 0 Å². The molecule has 1 aliphatic carbocycles. The van der Waals surface area contributed by atoms with Gasteiger partial charge in [-0.2, -0.15) is 0 Å². The van der Waals surface area contributed by atoms with E-state index in [1.54, 1.807) is 0 Å². The molecule has 1 saturated carbocycles. The molecule has 4 nitrogen and oxygen atoms in total. The second kappa shape index (κ2) is 7.54. The Morgan fingerprint density at radius 3 is 2.53 bits per heavy atom. The molecule has 0 radical (unpaired) electrons. The number of carbonyl (C=O) groups is 1. The summed E-state index contributed by atoms with van der Waals surface area (Å²) in [5.41, 5.74) is 0. The minimum atomic E-state index is 0.0471. The summed E-state index contributed by atoms with van der Waals surface area (Å²) >= 11 is 0. The highest BCUT2D eigenvalue weighted by Crippen LogP contribution is 2.26. The van der Waals surface area contributed by atoms with Gasteiger partial charge >= 0.3 is 6.03 Å². The van der Waals surface area contributed by atoms with Crippen LogP contribution in [0.5, 0.6) is 0 Å². The molecule has 4 heteroatoms. The standard InChI is InChI=1S/C13H26N2O2/c1-3-4-9-14-13(17)15(2)12-7-5-11(10-16)6-8-12/h11-12,16H,3-10H2,1-2H3,(H,14,17). The van der Waals surface area contributed by atoms with Crippen molar-refractivity contribution in [1.82, 2.24) is 10.2 Å². The maximum absolute atomic E-state index is 11.8. The minimum absolute atomic E-state index is 0.0471. The zero-order valence-corrected chi connectivity index (χ0v) is 11.1. The van der Waals surface area contributed by atoms with Crippen LogP contribution in [-0.4, -0.2) is 42.3 Å². The van der Waals surface area contributed by atoms with Crippen LogP contribution in [0.3, 0.4) is 0 Å². The molecular weight excluding hydrogens is 216 g/mol. The van der Waals surface area contributed by atoms with Crippen molar-refractivity contribution in [3.63, 3.8) is 0 Å². The Morgan fingerprint density at radius 2 is 2.00 bits per heavy atom. The number of rotatable bonds is 5. The van der Waals surface area contributed by atoms with Crippen LogP contribution < -0.4 is 5.32 Å². The van der Waals surface area contributed by atoms with Crippen LogP contribution in [0.4, 0.5) is 4.79 Å². The van der Waals surface area contributed by atoms with Gasteiger partial charge in [0, 0.05) is 26.2 Å². The topological polar surface area (TPSA) is 52.6 Å². The van der Waals surface area contributed by atoms with E-state index in [4.69, 9.17) is 5.11 Å². The fraction of sp³-hybridized carbons (Fsp3) is 0.923. The lowest BCUT2D eigenvalue weighted by atomic mass is 9.86. The second-order valence-electron chi connectivity index (χ2n) is 5.05. The summed E-state index contributed by atoms with van der Waals surface area (Å²) < 4.78 is 0. The van der Waals surface area contributed by atoms with Crippen LogP contribution in [0.1, 0.15) is 45.4 Å². The van der Waals surface area contributed by atoms with Crippen LogP contribution in [0.15, 0.2) is 0 Å². The molecule has 0 heterocycles. The van der Waals surface area contributed by atoms with E-state index in [1.807, 2.05) is 11.9 Å². The van der Waals surface area contributed by atoms with Gasteiger partial charge in [0.25, 0.3) is 0 Å². The molecule has 2 amide bonds. The predicted octanol–water partition coefficient (Wildman–Crippen LogP) is 1.98. The smallest absolute Gasteiger partial charge is 0.317 e. The third kappa shape index (κ3) is 4.54. The summed E-state index contributed by atoms with van der Waals surface area (Å²) in [7, 11) is 1.88. The fourth-order valence-corrected chi connectivity index (χ4v) is 2.38. The van der Waals surface area contributed by atoms with Gasteiger partial charge in [0.1, 0.15) is 0 Å². The van der Waals surface area contributed by atoms with E-state index in [-0.39, 0.29) is 6.03 Å². The number of nitrogens with one attached hydrogen (secondary N) is 1. The Labute approximate surface area is 104 Å². The molecule has 1 fully saturated rings. The summed E-state index contributed by atoms with van der Waals surface area (Å²) in [5.74, 6) is 0.447. The molecule has 0 aromatic heterocycles. The number of nitrogens with zero attached hydrogens (tertiary/aromatic N) is 1. The molecule has 2 N–H and O–H groups in total. The van der Waals surface area contributed by atoms with Crippen LogP contribution >= 0.6 is 0 Å². The van der Waals surface area contributed by atoms with Crippen molar-refractivity contribution in [3.05, 3.63) is 0 Å². The molecule has 17 heavy (non-hydrogen) atoms. The van der Waals surface area contributed by atoms with Gasteiger partial charge in [-0.15, -0.1) is 0 Å². The zero-order valence-electron chi connectivity index (χ0n) is 11.1. The zero-order chi connectivity index (χ0) is 12.7. The molecule has 100 valence electrons. The molecular formula is C13H26N2O2. The van der Waals surface area contributed by atoms with Crippen molar-refractivity contribution < 1.29 is 9.90 Å². The van der Waals surface area contributed by atoms with E-state index in [0.717, 1.165) is 45.1 Å². The molecule has 0 aromatic rings. The maximum atomic E-state index is 11.8. The number of carbonyl (C=O) groups excluding carboxylic acids is 1. The van der Waals surface area contributed by atoms with E-state index in [9.17, 15) is 4.79 Å². The summed E-state index contributed by atoms with van der Waals surface area (Å²) in [6.07, 6.45) is 6.25. The van der Waals surface area contributed by atoms with Gasteiger partial charge in [0.2, 0.25) is 0 Å². The maximum Gasteiger partial charge on any atom is 0.317 e. The van der Waals surface area contributed by atoms with E-state index < -0.39 is 0 Å². The molecule has 1 rings (SSSR count). The van der Waals surface area contributed by atoms with Crippen molar-refractivity contribution >= 4 is 6.03 Å². The van der Waals surface area contributed by atoms with E-state index >= 15 is 0 Å². The Balaban J connectivity index is 2.27. The number of hydrogen-bond acceptors (Lipinski definition) is 2. The van der Waals surface area contributed by atoms with Crippen LogP contribution in [0.25, 0.3) is 0 Å². The molecule has 0 atom stereocenters. The van der Waals surface area contributed by atoms with Crippen molar-refractivity contribution in [2.24, 2.45) is 5.92 Å². The molecule has 0 aliphatic heterocycles. The Morgan fingerprint density at radius 1 is 1.35 bits per heavy atom. The van der Waals surface area contributed by atoms with Crippen molar-refractivity contribution in [1.29, 1.82) is 0 Å². The number of unbranched alkanes of at least 4 members (excludes halogenated alkanes) is 1. The monoisotopic (exact) mass is 242 g/mol. The molecule has 0 unspecified atom stereocenters. The quantitative estimate of drug-likeness (QED) is 0.724. The first-order valence-electron chi connectivity index (χ1n) is 6.80. The van der Waals surface area contributed by atoms with Crippen molar-refractivity contribution in [2.75, 3.05) is 20.2 Å². The van der Waals surface area contributed by atoms with Crippen molar-refractivity contribution in [3.8, 4) is 0 Å². The normalized spacial score (nSPS) is 24.4. The molecule has 0 aromatic carbocycles. The highest BCUT2D eigenvalue weighted by Gasteiger charge is 2.25. The van der Waals surface area contributed by atoms with Crippen LogP contribution in [0, 0.1) is 5.92 Å². The fourth-order valence-electron chi connectivity index (χ4n) is 2.38. The summed E-state index contributed by atoms with van der Waals surface area (Å²) in [6, 6.07) is 0.394. The lowest BCUT2D eigenvalue weighted by Crippen LogP contribution is -2.45. The number of hydrogen-bond donors (Lipinski definition) is 2.